The smallest absolute Gasteiger partial charge is 0.246 e. The second-order valence-electron chi connectivity index (χ2n) is 20.2. The molecule has 1 fully saturated rings. The summed E-state index contributed by atoms with van der Waals surface area (Å²) < 4.78 is 0. The molecular weight excluding hydrogens is 1030 g/mol. The van der Waals surface area contributed by atoms with Crippen LogP contribution in [0.25, 0.3) is 0 Å². The van der Waals surface area contributed by atoms with Gasteiger partial charge in [-0.3, -0.25) is 52.7 Å². The van der Waals surface area contributed by atoms with Gasteiger partial charge in [-0.25, -0.2) is 0 Å². The van der Waals surface area contributed by atoms with E-state index in [1.165, 1.54) is 36.1 Å². The molecule has 0 aliphatic carbocycles. The topological polar surface area (TPSA) is 426 Å². The van der Waals surface area contributed by atoms with Crippen molar-refractivity contribution in [3.05, 3.63) is 65.7 Å². The quantitative estimate of drug-likeness (QED) is 0.0340. The predicted octanol–water partition coefficient (Wildman–Crippen LogP) is -3.37. The first-order valence-corrected chi connectivity index (χ1v) is 26.4. The number of phenols is 1. The molecule has 0 spiro atoms. The molecule has 3 rings (SSSR count). The molecule has 2 aromatic rings. The highest BCUT2D eigenvalue weighted by molar-refractivity contribution is 5.99. The van der Waals surface area contributed by atoms with Gasteiger partial charge in [0, 0.05) is 19.4 Å². The molecule has 1 heterocycles. The molecular formula is C53H80N12O14. The Labute approximate surface area is 459 Å². The Hall–Kier alpha value is -7.71. The number of rotatable bonds is 32. The molecule has 26 nitrogen and oxygen atoms in total. The zero-order valence-corrected chi connectivity index (χ0v) is 45.6. The van der Waals surface area contributed by atoms with Gasteiger partial charge in [0.2, 0.25) is 65.0 Å². The van der Waals surface area contributed by atoms with Crippen LogP contribution in [-0.2, 0) is 65.6 Å². The number of benzene rings is 2. The number of aromatic hydroxyl groups is 1. The maximum Gasteiger partial charge on any atom is 0.246 e. The summed E-state index contributed by atoms with van der Waals surface area (Å²) in [6.45, 7) is 8.52. The first-order valence-electron chi connectivity index (χ1n) is 26.4. The van der Waals surface area contributed by atoms with Crippen molar-refractivity contribution in [3.8, 4) is 5.75 Å². The van der Waals surface area contributed by atoms with Gasteiger partial charge in [-0.2, -0.15) is 0 Å². The number of aliphatic hydroxyl groups is 2. The van der Waals surface area contributed by atoms with Crippen molar-refractivity contribution >= 4 is 65.0 Å². The van der Waals surface area contributed by atoms with Crippen molar-refractivity contribution in [3.63, 3.8) is 0 Å². The number of hydrogen-bond donors (Lipinski definition) is 14. The standard InChI is InChI=1S/C53H80N12O14/c1-7-13-35(58-52(78)41-16-12-21-65(41)53(79)43(29(5)8-2)64-46(72)34(54)25-42(55)69)47(73)59-36(22-28(3)4)49(75)60-38(24-32-17-19-33(68)20-18-32)50(76)63-40(27-67)51(77)61-37(23-31-14-10-9-11-15-31)48(74)57-30(6)45(71)62-39(26-66)44(56)70/h9-11,14-15,17-20,28-30,34-41,43,66-68H,7-8,12-13,16,21-27,54H2,1-6H3,(H2,55,69)(H2,56,70)(H,57,74)(H,58,78)(H,59,73)(H,60,75)(H,61,77)(H,62,71)(H,63,76)(H,64,72)/t29-,30-,34+,35-,36-,37-,38-,39+,40+,41-,43-/m0/s1. The van der Waals surface area contributed by atoms with E-state index in [1.54, 1.807) is 58.0 Å². The SMILES string of the molecule is CCC[C@H](NC(=O)[C@@H]1CCCN1C(=O)[C@@H](NC(=O)[C@H](N)CC(N)=O)[C@@H](C)CC)C(=O)N[C@@H](CC(C)C)C(=O)N[C@@H](Cc1ccc(O)cc1)C(=O)N[C@H](CO)C(=O)N[C@@H](Cc1ccccc1)C(=O)N[C@@H](C)C(=O)N[C@H](CO)C(N)=O. The van der Waals surface area contributed by atoms with E-state index in [0.717, 1.165) is 0 Å². The van der Waals surface area contributed by atoms with E-state index in [-0.39, 0.29) is 50.3 Å². The van der Waals surface area contributed by atoms with E-state index < -0.39 is 151 Å². The normalized spacial score (nSPS) is 16.9. The number of primary amides is 2. The summed E-state index contributed by atoms with van der Waals surface area (Å²) in [7, 11) is 0. The van der Waals surface area contributed by atoms with E-state index in [2.05, 4.69) is 42.5 Å². The second kappa shape index (κ2) is 32.3. The molecule has 0 radical (unpaired) electrons. The summed E-state index contributed by atoms with van der Waals surface area (Å²) in [5.41, 5.74) is 17.3. The minimum atomic E-state index is -1.73. The van der Waals surface area contributed by atoms with Gasteiger partial charge in [0.05, 0.1) is 25.7 Å². The Balaban J connectivity index is 1.86. The largest absolute Gasteiger partial charge is 0.508 e. The van der Waals surface area contributed by atoms with Crippen molar-refractivity contribution < 1.29 is 68.1 Å². The maximum absolute atomic E-state index is 14.4. The molecule has 0 aromatic heterocycles. The first-order chi connectivity index (χ1) is 37.3. The lowest BCUT2D eigenvalue weighted by Crippen LogP contribution is -2.61. The minimum absolute atomic E-state index is 0.0363. The van der Waals surface area contributed by atoms with E-state index in [1.807, 2.05) is 6.92 Å². The Bertz CT molecular complexity index is 2430. The summed E-state index contributed by atoms with van der Waals surface area (Å²) in [5.74, 6) is -9.92. The van der Waals surface area contributed by atoms with Gasteiger partial charge in [0.25, 0.3) is 0 Å². The molecule has 79 heavy (non-hydrogen) atoms. The Morgan fingerprint density at radius 2 is 1.11 bits per heavy atom. The van der Waals surface area contributed by atoms with Crippen LogP contribution in [0.3, 0.4) is 0 Å². The van der Waals surface area contributed by atoms with Gasteiger partial charge < -0.3 is 80.0 Å². The van der Waals surface area contributed by atoms with Gasteiger partial charge >= 0.3 is 0 Å². The predicted molar refractivity (Wildman–Crippen MR) is 287 cm³/mol. The van der Waals surface area contributed by atoms with Crippen LogP contribution in [-0.4, -0.2) is 165 Å². The molecule has 2 aromatic carbocycles. The van der Waals surface area contributed by atoms with E-state index in [9.17, 15) is 68.1 Å². The summed E-state index contributed by atoms with van der Waals surface area (Å²) in [6.07, 6.45) is 0.837. The zero-order chi connectivity index (χ0) is 59.1. The van der Waals surface area contributed by atoms with Gasteiger partial charge in [-0.05, 0) is 67.7 Å². The molecule has 1 aliphatic heterocycles. The number of nitrogens with two attached hydrogens (primary N) is 3. The average Bonchev–Trinajstić information content (AvgIpc) is 3.93. The number of nitrogens with one attached hydrogen (secondary N) is 8. The van der Waals surface area contributed by atoms with Crippen LogP contribution in [0.1, 0.15) is 97.6 Å². The average molecular weight is 1110 g/mol. The summed E-state index contributed by atoms with van der Waals surface area (Å²) in [5, 5.41) is 50.2. The number of nitrogens with zero attached hydrogens (tertiary/aromatic N) is 1. The van der Waals surface area contributed by atoms with Crippen LogP contribution in [0.2, 0.25) is 0 Å². The van der Waals surface area contributed by atoms with Crippen LogP contribution in [0, 0.1) is 11.8 Å². The zero-order valence-electron chi connectivity index (χ0n) is 45.6. The lowest BCUT2D eigenvalue weighted by Gasteiger charge is -2.32. The molecule has 1 aliphatic rings. The molecule has 26 heteroatoms. The number of carbonyl (C=O) groups is 11. The Morgan fingerprint density at radius 1 is 0.608 bits per heavy atom. The molecule has 11 atom stereocenters. The molecule has 17 N–H and O–H groups in total. The highest BCUT2D eigenvalue weighted by Crippen LogP contribution is 2.22. The fourth-order valence-electron chi connectivity index (χ4n) is 8.57. The summed E-state index contributed by atoms with van der Waals surface area (Å²) in [6, 6.07) is 0.690. The van der Waals surface area contributed by atoms with Crippen LogP contribution >= 0.6 is 0 Å². The van der Waals surface area contributed by atoms with Crippen molar-refractivity contribution in [1.82, 2.24) is 47.4 Å². The molecule has 11 amide bonds. The maximum atomic E-state index is 14.4. The Kier molecular flexibility index (Phi) is 26.8. The molecule has 436 valence electrons. The monoisotopic (exact) mass is 1110 g/mol. The minimum Gasteiger partial charge on any atom is -0.508 e. The number of carbonyl (C=O) groups excluding carboxylic acids is 11. The third-order valence-corrected chi connectivity index (χ3v) is 13.3. The number of likely N-dealkylation sites (tertiary alicyclic amines) is 1. The molecule has 0 saturated carbocycles. The highest BCUT2D eigenvalue weighted by Gasteiger charge is 2.41. The van der Waals surface area contributed by atoms with Crippen molar-refractivity contribution in [2.45, 2.75) is 160 Å². The van der Waals surface area contributed by atoms with Crippen LogP contribution in [0.15, 0.2) is 54.6 Å². The van der Waals surface area contributed by atoms with E-state index in [0.29, 0.717) is 30.4 Å². The number of phenolic OH excluding ortho intramolecular Hbond substituents is 1. The second-order valence-corrected chi connectivity index (χ2v) is 20.2. The first kappa shape index (κ1) is 65.6. The van der Waals surface area contributed by atoms with Gasteiger partial charge in [0.1, 0.15) is 60.1 Å². The van der Waals surface area contributed by atoms with Crippen LogP contribution in [0.5, 0.6) is 5.75 Å². The van der Waals surface area contributed by atoms with Gasteiger partial charge in [-0.1, -0.05) is 89.9 Å². The molecule has 1 saturated heterocycles. The van der Waals surface area contributed by atoms with Crippen molar-refractivity contribution in [1.29, 1.82) is 0 Å². The number of amides is 11. The summed E-state index contributed by atoms with van der Waals surface area (Å²) in [4.78, 5) is 149. The lowest BCUT2D eigenvalue weighted by atomic mass is 9.96. The fraction of sp³-hybridized carbons (Fsp3) is 0.566. The highest BCUT2D eigenvalue weighted by atomic mass is 16.3. The van der Waals surface area contributed by atoms with E-state index in [4.69, 9.17) is 17.2 Å². The van der Waals surface area contributed by atoms with Gasteiger partial charge in [-0.15, -0.1) is 0 Å². The van der Waals surface area contributed by atoms with Crippen LogP contribution < -0.4 is 59.7 Å². The van der Waals surface area contributed by atoms with Crippen molar-refractivity contribution in [2.24, 2.45) is 29.0 Å². The third-order valence-electron chi connectivity index (χ3n) is 13.3. The number of hydrogen-bond acceptors (Lipinski definition) is 15. The Morgan fingerprint density at radius 3 is 1.65 bits per heavy atom. The summed E-state index contributed by atoms with van der Waals surface area (Å²) >= 11 is 0. The van der Waals surface area contributed by atoms with E-state index >= 15 is 0 Å². The van der Waals surface area contributed by atoms with Crippen molar-refractivity contribution in [2.75, 3.05) is 19.8 Å². The van der Waals surface area contributed by atoms with Gasteiger partial charge in [0.15, 0.2) is 0 Å². The molecule has 0 unspecified atom stereocenters. The lowest BCUT2D eigenvalue weighted by molar-refractivity contribution is -0.143. The molecule has 0 bridgehead atoms. The third kappa shape index (κ3) is 20.9. The fourth-order valence-corrected chi connectivity index (χ4v) is 8.57. The van der Waals surface area contributed by atoms with Crippen LogP contribution in [0.4, 0.5) is 0 Å². The number of aliphatic hydroxyl groups excluding tert-OH is 2.